The number of rotatable bonds is 1. The van der Waals surface area contributed by atoms with Crippen molar-refractivity contribution in [3.8, 4) is 0 Å². The number of carbonyl (C=O) groups excluding carboxylic acids is 2. The van der Waals surface area contributed by atoms with Crippen LogP contribution in [0.15, 0.2) is 24.3 Å². The van der Waals surface area contributed by atoms with Gasteiger partial charge in [0.2, 0.25) is 12.1 Å². The molecule has 88 valence electrons. The van der Waals surface area contributed by atoms with E-state index in [2.05, 4.69) is 0 Å². The lowest BCUT2D eigenvalue weighted by atomic mass is 10.1. The molecule has 1 aliphatic heterocycles. The largest absolute Gasteiger partial charge is 0.435 e. The van der Waals surface area contributed by atoms with Crippen molar-refractivity contribution in [1.29, 1.82) is 5.41 Å². The van der Waals surface area contributed by atoms with E-state index in [-0.39, 0.29) is 11.6 Å². The average molecular weight is 232 g/mol. The van der Waals surface area contributed by atoms with Gasteiger partial charge in [-0.1, -0.05) is 18.2 Å². The molecule has 0 fully saturated rings. The summed E-state index contributed by atoms with van der Waals surface area (Å²) in [7, 11) is 0. The number of benzene rings is 1. The van der Waals surface area contributed by atoms with Gasteiger partial charge in [0.05, 0.1) is 5.69 Å². The SMILES string of the molecule is CC(=O)OC1C(=N)c2ccccc2N1C(C)=O. The van der Waals surface area contributed by atoms with Gasteiger partial charge in [-0.3, -0.25) is 19.9 Å². The third kappa shape index (κ3) is 1.80. The molecule has 0 bridgehead atoms. The first-order valence-corrected chi connectivity index (χ1v) is 5.17. The van der Waals surface area contributed by atoms with Crippen LogP contribution in [0, 0.1) is 5.41 Å². The third-order valence-corrected chi connectivity index (χ3v) is 2.55. The fourth-order valence-corrected chi connectivity index (χ4v) is 1.90. The highest BCUT2D eigenvalue weighted by Gasteiger charge is 2.38. The minimum atomic E-state index is -0.942. The number of nitrogens with one attached hydrogen (secondary N) is 1. The lowest BCUT2D eigenvalue weighted by Crippen LogP contribution is -2.41. The summed E-state index contributed by atoms with van der Waals surface area (Å²) in [5, 5.41) is 7.93. The number of anilines is 1. The van der Waals surface area contributed by atoms with Gasteiger partial charge in [-0.25, -0.2) is 0 Å². The van der Waals surface area contributed by atoms with E-state index in [4.69, 9.17) is 10.1 Å². The van der Waals surface area contributed by atoms with Crippen molar-refractivity contribution in [3.63, 3.8) is 0 Å². The predicted molar refractivity (Wildman–Crippen MR) is 62.0 cm³/mol. The topological polar surface area (TPSA) is 70.5 Å². The molecule has 1 amide bonds. The Morgan fingerprint density at radius 1 is 1.29 bits per heavy atom. The Morgan fingerprint density at radius 2 is 1.94 bits per heavy atom. The summed E-state index contributed by atoms with van der Waals surface area (Å²) in [4.78, 5) is 23.9. The number of ether oxygens (including phenoxy) is 1. The van der Waals surface area contributed by atoms with Crippen LogP contribution in [0.5, 0.6) is 0 Å². The molecule has 1 aliphatic rings. The molecule has 0 aliphatic carbocycles. The lowest BCUT2D eigenvalue weighted by Gasteiger charge is -2.22. The van der Waals surface area contributed by atoms with Crippen molar-refractivity contribution in [2.24, 2.45) is 0 Å². The first-order valence-electron chi connectivity index (χ1n) is 5.17. The van der Waals surface area contributed by atoms with E-state index in [1.54, 1.807) is 24.3 Å². The van der Waals surface area contributed by atoms with Crippen LogP contribution in [-0.4, -0.2) is 23.8 Å². The van der Waals surface area contributed by atoms with Gasteiger partial charge in [0, 0.05) is 19.4 Å². The van der Waals surface area contributed by atoms with Gasteiger partial charge in [-0.05, 0) is 6.07 Å². The molecule has 0 spiro atoms. The highest BCUT2D eigenvalue weighted by atomic mass is 16.6. The van der Waals surface area contributed by atoms with Crippen LogP contribution in [0.4, 0.5) is 5.69 Å². The number of nitrogens with zero attached hydrogens (tertiary/aromatic N) is 1. The quantitative estimate of drug-likeness (QED) is 0.742. The van der Waals surface area contributed by atoms with E-state index in [1.165, 1.54) is 18.7 Å². The Kier molecular flexibility index (Phi) is 2.67. The second-order valence-corrected chi connectivity index (χ2v) is 3.78. The summed E-state index contributed by atoms with van der Waals surface area (Å²) >= 11 is 0. The van der Waals surface area contributed by atoms with Crippen molar-refractivity contribution in [3.05, 3.63) is 29.8 Å². The molecule has 0 aromatic heterocycles. The summed E-state index contributed by atoms with van der Waals surface area (Å²) in [5.41, 5.74) is 1.36. The Morgan fingerprint density at radius 3 is 2.53 bits per heavy atom. The van der Waals surface area contributed by atoms with Gasteiger partial charge in [0.15, 0.2) is 0 Å². The highest BCUT2D eigenvalue weighted by Crippen LogP contribution is 2.32. The molecule has 2 rings (SSSR count). The second-order valence-electron chi connectivity index (χ2n) is 3.78. The van der Waals surface area contributed by atoms with E-state index in [1.807, 2.05) is 0 Å². The molecule has 17 heavy (non-hydrogen) atoms. The van der Waals surface area contributed by atoms with Gasteiger partial charge in [-0.15, -0.1) is 0 Å². The van der Waals surface area contributed by atoms with Gasteiger partial charge in [0.25, 0.3) is 0 Å². The summed E-state index contributed by atoms with van der Waals surface area (Å²) in [6.07, 6.45) is -0.942. The smallest absolute Gasteiger partial charge is 0.304 e. The number of amides is 1. The van der Waals surface area contributed by atoms with E-state index in [0.29, 0.717) is 11.3 Å². The zero-order chi connectivity index (χ0) is 12.6. The normalized spacial score (nSPS) is 17.9. The van der Waals surface area contributed by atoms with E-state index in [0.717, 1.165) is 0 Å². The first-order chi connectivity index (χ1) is 8.02. The molecule has 1 aromatic carbocycles. The van der Waals surface area contributed by atoms with Gasteiger partial charge in [0.1, 0.15) is 5.71 Å². The number of fused-ring (bicyclic) bond motifs is 1. The van der Waals surface area contributed by atoms with Gasteiger partial charge >= 0.3 is 5.97 Å². The van der Waals surface area contributed by atoms with Crippen LogP contribution in [0.3, 0.4) is 0 Å². The zero-order valence-electron chi connectivity index (χ0n) is 9.56. The first kappa shape index (κ1) is 11.3. The Labute approximate surface area is 98.5 Å². The van der Waals surface area contributed by atoms with Crippen molar-refractivity contribution < 1.29 is 14.3 Å². The van der Waals surface area contributed by atoms with E-state index >= 15 is 0 Å². The van der Waals surface area contributed by atoms with E-state index < -0.39 is 12.2 Å². The molecule has 1 atom stereocenters. The number of carbonyl (C=O) groups is 2. The Bertz CT molecular complexity index is 510. The maximum Gasteiger partial charge on any atom is 0.304 e. The Hall–Kier alpha value is -2.17. The molecule has 5 heteroatoms. The van der Waals surface area contributed by atoms with Crippen LogP contribution >= 0.6 is 0 Å². The molecule has 0 radical (unpaired) electrons. The second kappa shape index (κ2) is 4.01. The third-order valence-electron chi connectivity index (χ3n) is 2.55. The molecule has 1 N–H and O–H groups in total. The minimum absolute atomic E-state index is 0.131. The van der Waals surface area contributed by atoms with Crippen molar-refractivity contribution in [1.82, 2.24) is 0 Å². The Balaban J connectivity index is 2.47. The molecule has 0 saturated heterocycles. The standard InChI is InChI=1S/C12H12N2O3/c1-7(15)14-10-6-4-3-5-9(10)11(13)12(14)17-8(2)16/h3-6,12-13H,1-2H3. The molecule has 1 aromatic rings. The van der Waals surface area contributed by atoms with Gasteiger partial charge < -0.3 is 4.74 Å². The molecular weight excluding hydrogens is 220 g/mol. The number of para-hydroxylation sites is 1. The fraction of sp³-hybridized carbons (Fsp3) is 0.250. The maximum absolute atomic E-state index is 11.6. The van der Waals surface area contributed by atoms with Crippen molar-refractivity contribution in [2.75, 3.05) is 4.90 Å². The van der Waals surface area contributed by atoms with Crippen molar-refractivity contribution in [2.45, 2.75) is 20.1 Å². The maximum atomic E-state index is 11.6. The number of esters is 1. The molecular formula is C12H12N2O3. The van der Waals surface area contributed by atoms with Crippen molar-refractivity contribution >= 4 is 23.3 Å². The lowest BCUT2D eigenvalue weighted by molar-refractivity contribution is -0.143. The average Bonchev–Trinajstić information content (AvgIpc) is 2.52. The van der Waals surface area contributed by atoms with Gasteiger partial charge in [-0.2, -0.15) is 0 Å². The summed E-state index contributed by atoms with van der Waals surface area (Å²) < 4.78 is 5.02. The highest BCUT2D eigenvalue weighted by molar-refractivity contribution is 6.18. The molecule has 1 unspecified atom stereocenters. The predicted octanol–water partition coefficient (Wildman–Crippen LogP) is 1.31. The van der Waals surface area contributed by atoms with Crippen LogP contribution < -0.4 is 4.90 Å². The summed E-state index contributed by atoms with van der Waals surface area (Å²) in [6, 6.07) is 7.02. The monoisotopic (exact) mass is 232 g/mol. The molecule has 5 nitrogen and oxygen atoms in total. The molecule has 1 heterocycles. The number of hydrogen-bond donors (Lipinski definition) is 1. The fourth-order valence-electron chi connectivity index (χ4n) is 1.90. The van der Waals surface area contributed by atoms with Crippen LogP contribution in [-0.2, 0) is 14.3 Å². The molecule has 0 saturated carbocycles. The minimum Gasteiger partial charge on any atom is -0.435 e. The van der Waals surface area contributed by atoms with Crippen LogP contribution in [0.2, 0.25) is 0 Å². The van der Waals surface area contributed by atoms with Crippen LogP contribution in [0.25, 0.3) is 0 Å². The summed E-state index contributed by atoms with van der Waals surface area (Å²) in [6.45, 7) is 2.64. The summed E-state index contributed by atoms with van der Waals surface area (Å²) in [5.74, 6) is -0.773. The zero-order valence-corrected chi connectivity index (χ0v) is 9.56. The van der Waals surface area contributed by atoms with Crippen LogP contribution in [0.1, 0.15) is 19.4 Å². The van der Waals surface area contributed by atoms with E-state index in [9.17, 15) is 9.59 Å². The number of hydrogen-bond acceptors (Lipinski definition) is 4.